The molecule has 0 bridgehead atoms. The average Bonchev–Trinajstić information content (AvgIpc) is 2.46. The van der Waals surface area contributed by atoms with E-state index in [9.17, 15) is 0 Å². The summed E-state index contributed by atoms with van der Waals surface area (Å²) in [6, 6.07) is 0. The van der Waals surface area contributed by atoms with E-state index in [0.29, 0.717) is 0 Å². The fourth-order valence-electron chi connectivity index (χ4n) is 0.601. The van der Waals surface area contributed by atoms with Gasteiger partial charge in [-0.3, -0.25) is 10.3 Å². The summed E-state index contributed by atoms with van der Waals surface area (Å²) in [5.41, 5.74) is 0. The number of imidazole rings is 1. The molecule has 1 heterocycles. The first-order valence-electron chi connectivity index (χ1n) is 3.60. The number of rotatable bonds is 2. The minimum Gasteiger partial charge on any atom is -0.284 e. The van der Waals surface area contributed by atoms with Crippen LogP contribution in [0.3, 0.4) is 0 Å². The molecular weight excluding hydrogens is 126 g/mol. The Morgan fingerprint density at radius 2 is 2.20 bits per heavy atom. The van der Waals surface area contributed by atoms with Gasteiger partial charge in [-0.05, 0) is 7.05 Å². The lowest BCUT2D eigenvalue weighted by atomic mass is 10.9. The Morgan fingerprint density at radius 1 is 1.50 bits per heavy atom. The molecule has 1 aromatic heterocycles. The lowest BCUT2D eigenvalue weighted by Crippen LogP contribution is -2.37. The van der Waals surface area contributed by atoms with Crippen molar-refractivity contribution >= 4 is 0 Å². The maximum absolute atomic E-state index is 3.01. The maximum Gasteiger partial charge on any atom is 0.242 e. The molecule has 0 unspecified atom stereocenters. The van der Waals surface area contributed by atoms with E-state index < -0.39 is 0 Å². The van der Waals surface area contributed by atoms with Gasteiger partial charge in [-0.25, -0.2) is 4.57 Å². The SMILES string of the molecule is CC.CNC[n+]1cc[nH]c1. The van der Waals surface area contributed by atoms with Gasteiger partial charge in [0.05, 0.1) is 0 Å². The van der Waals surface area contributed by atoms with E-state index in [1.165, 1.54) is 0 Å². The first-order chi connectivity index (χ1) is 4.93. The van der Waals surface area contributed by atoms with Gasteiger partial charge < -0.3 is 0 Å². The lowest BCUT2D eigenvalue weighted by molar-refractivity contribution is -0.699. The van der Waals surface area contributed by atoms with Crippen LogP contribution >= 0.6 is 0 Å². The Balaban J connectivity index is 0.000000371. The lowest BCUT2D eigenvalue weighted by Gasteiger charge is -1.88. The molecule has 3 heteroatoms. The molecule has 1 aromatic rings. The number of hydrogen-bond donors (Lipinski definition) is 2. The Labute approximate surface area is 62.1 Å². The minimum absolute atomic E-state index is 0.865. The minimum atomic E-state index is 0.865. The van der Waals surface area contributed by atoms with Crippen molar-refractivity contribution in [2.45, 2.75) is 20.5 Å². The highest BCUT2D eigenvalue weighted by Crippen LogP contribution is 1.64. The van der Waals surface area contributed by atoms with Gasteiger partial charge in [0.25, 0.3) is 0 Å². The van der Waals surface area contributed by atoms with Crippen LogP contribution in [0.15, 0.2) is 18.7 Å². The molecule has 0 aliphatic carbocycles. The number of aromatic amines is 1. The normalized spacial score (nSPS) is 8.30. The zero-order valence-electron chi connectivity index (χ0n) is 6.89. The van der Waals surface area contributed by atoms with Crippen LogP contribution in [0.1, 0.15) is 13.8 Å². The maximum atomic E-state index is 3.01. The quantitative estimate of drug-likeness (QED) is 0.579. The molecule has 0 saturated heterocycles. The zero-order valence-corrected chi connectivity index (χ0v) is 6.89. The number of aromatic nitrogens is 2. The highest BCUT2D eigenvalue weighted by atomic mass is 15.1. The predicted octanol–water partition coefficient (Wildman–Crippen LogP) is 0.505. The first kappa shape index (κ1) is 9.17. The Kier molecular flexibility index (Phi) is 5.77. The largest absolute Gasteiger partial charge is 0.284 e. The van der Waals surface area contributed by atoms with Crippen LogP contribution in [-0.2, 0) is 6.67 Å². The van der Waals surface area contributed by atoms with Crippen molar-refractivity contribution in [2.75, 3.05) is 7.05 Å². The fraction of sp³-hybridized carbons (Fsp3) is 0.571. The number of hydrogen-bond acceptors (Lipinski definition) is 1. The Morgan fingerprint density at radius 3 is 2.60 bits per heavy atom. The summed E-state index contributed by atoms with van der Waals surface area (Å²) in [7, 11) is 1.92. The highest BCUT2D eigenvalue weighted by Gasteiger charge is 1.88. The number of nitrogens with one attached hydrogen (secondary N) is 2. The molecule has 0 aliphatic heterocycles. The van der Waals surface area contributed by atoms with Gasteiger partial charge >= 0.3 is 0 Å². The van der Waals surface area contributed by atoms with Gasteiger partial charge in [0, 0.05) is 0 Å². The molecule has 3 nitrogen and oxygen atoms in total. The smallest absolute Gasteiger partial charge is 0.242 e. The van der Waals surface area contributed by atoms with E-state index in [2.05, 4.69) is 10.3 Å². The monoisotopic (exact) mass is 142 g/mol. The molecule has 0 amide bonds. The molecule has 10 heavy (non-hydrogen) atoms. The van der Waals surface area contributed by atoms with Crippen molar-refractivity contribution in [3.05, 3.63) is 18.7 Å². The third kappa shape index (κ3) is 3.25. The summed E-state index contributed by atoms with van der Waals surface area (Å²) in [6.45, 7) is 4.86. The molecule has 1 rings (SSSR count). The second-order valence-electron chi connectivity index (χ2n) is 1.64. The van der Waals surface area contributed by atoms with Gasteiger partial charge in [0.15, 0.2) is 0 Å². The van der Waals surface area contributed by atoms with Crippen molar-refractivity contribution in [3.8, 4) is 0 Å². The van der Waals surface area contributed by atoms with Crippen LogP contribution in [0, 0.1) is 0 Å². The van der Waals surface area contributed by atoms with Crippen LogP contribution in [0.2, 0.25) is 0 Å². The highest BCUT2D eigenvalue weighted by molar-refractivity contribution is 4.54. The molecule has 2 N–H and O–H groups in total. The first-order valence-corrected chi connectivity index (χ1v) is 3.60. The third-order valence-electron chi connectivity index (χ3n) is 0.943. The molecule has 58 valence electrons. The summed E-state index contributed by atoms with van der Waals surface area (Å²) >= 11 is 0. The number of nitrogens with zero attached hydrogens (tertiary/aromatic N) is 1. The molecule has 0 fully saturated rings. The molecule has 0 aromatic carbocycles. The Bertz CT molecular complexity index is 135. The van der Waals surface area contributed by atoms with Gasteiger partial charge in [-0.1, -0.05) is 13.8 Å². The van der Waals surface area contributed by atoms with E-state index in [0.717, 1.165) is 6.67 Å². The molecule has 0 aliphatic rings. The fourth-order valence-corrected chi connectivity index (χ4v) is 0.601. The van der Waals surface area contributed by atoms with Crippen LogP contribution in [0.4, 0.5) is 0 Å². The summed E-state index contributed by atoms with van der Waals surface area (Å²) in [4.78, 5) is 2.94. The summed E-state index contributed by atoms with van der Waals surface area (Å²) in [5.74, 6) is 0. The third-order valence-corrected chi connectivity index (χ3v) is 0.943. The number of H-pyrrole nitrogens is 1. The molecule has 0 radical (unpaired) electrons. The van der Waals surface area contributed by atoms with Crippen molar-refractivity contribution in [3.63, 3.8) is 0 Å². The van der Waals surface area contributed by atoms with Crippen LogP contribution < -0.4 is 9.88 Å². The van der Waals surface area contributed by atoms with Gasteiger partial charge in [-0.15, -0.1) is 0 Å². The standard InChI is InChI=1S/C5H9N3.C2H6/c1-6-4-8-3-2-7-5-8;1-2/h2-3,5-6H,4H2,1H3;1-2H3/p+1. The summed E-state index contributed by atoms with van der Waals surface area (Å²) in [5, 5.41) is 3.01. The molecule has 0 spiro atoms. The van der Waals surface area contributed by atoms with E-state index in [4.69, 9.17) is 0 Å². The summed E-state index contributed by atoms with van der Waals surface area (Å²) < 4.78 is 2.01. The van der Waals surface area contributed by atoms with Crippen LogP contribution in [0.5, 0.6) is 0 Å². The van der Waals surface area contributed by atoms with Crippen molar-refractivity contribution in [1.82, 2.24) is 10.3 Å². The van der Waals surface area contributed by atoms with E-state index >= 15 is 0 Å². The van der Waals surface area contributed by atoms with E-state index in [1.54, 1.807) is 0 Å². The predicted molar refractivity (Wildman–Crippen MR) is 41.4 cm³/mol. The molecule has 0 atom stereocenters. The van der Waals surface area contributed by atoms with E-state index in [-0.39, 0.29) is 0 Å². The topological polar surface area (TPSA) is 31.7 Å². The van der Waals surface area contributed by atoms with Crippen LogP contribution in [-0.4, -0.2) is 12.0 Å². The second-order valence-corrected chi connectivity index (χ2v) is 1.64. The summed E-state index contributed by atoms with van der Waals surface area (Å²) in [6.07, 6.45) is 5.75. The second kappa shape index (κ2) is 6.29. The molecule has 0 saturated carbocycles. The van der Waals surface area contributed by atoms with Gasteiger partial charge in [0.1, 0.15) is 19.1 Å². The average molecular weight is 142 g/mol. The van der Waals surface area contributed by atoms with Crippen LogP contribution in [0.25, 0.3) is 0 Å². The zero-order chi connectivity index (χ0) is 7.82. The Hall–Kier alpha value is -0.830. The van der Waals surface area contributed by atoms with Crippen molar-refractivity contribution < 1.29 is 4.57 Å². The van der Waals surface area contributed by atoms with E-state index in [1.807, 2.05) is 44.2 Å². The van der Waals surface area contributed by atoms with Crippen molar-refractivity contribution in [2.24, 2.45) is 0 Å². The van der Waals surface area contributed by atoms with Gasteiger partial charge in [-0.2, -0.15) is 0 Å². The van der Waals surface area contributed by atoms with Crippen molar-refractivity contribution in [1.29, 1.82) is 0 Å². The molecular formula is C7H16N3+. The van der Waals surface area contributed by atoms with Gasteiger partial charge in [0.2, 0.25) is 6.33 Å².